The van der Waals surface area contributed by atoms with Crippen LogP contribution >= 0.6 is 23.4 Å². The summed E-state index contributed by atoms with van der Waals surface area (Å²) in [6, 6.07) is 7.77. The number of rotatable bonds is 5. The van der Waals surface area contributed by atoms with Crippen LogP contribution < -0.4 is 0 Å². The van der Waals surface area contributed by atoms with E-state index in [4.69, 9.17) is 11.6 Å². The third kappa shape index (κ3) is 4.38. The van der Waals surface area contributed by atoms with Crippen LogP contribution in [0.15, 0.2) is 24.3 Å². The SMILES string of the molecule is CSCC(=O)N1CCCC(CO)(Cc2cccc(Cl)c2)C1. The number of piperidine rings is 1. The van der Waals surface area contributed by atoms with Gasteiger partial charge in [-0.25, -0.2) is 0 Å². The fourth-order valence-electron chi connectivity index (χ4n) is 3.04. The Kier molecular flexibility index (Phi) is 5.97. The maximum Gasteiger partial charge on any atom is 0.232 e. The molecule has 3 nitrogen and oxygen atoms in total. The number of likely N-dealkylation sites (tertiary alicyclic amines) is 1. The Hall–Kier alpha value is -0.710. The molecule has 1 fully saturated rings. The highest BCUT2D eigenvalue weighted by atomic mass is 35.5. The van der Waals surface area contributed by atoms with E-state index in [1.54, 1.807) is 11.8 Å². The summed E-state index contributed by atoms with van der Waals surface area (Å²) in [6.07, 6.45) is 4.58. The van der Waals surface area contributed by atoms with E-state index in [2.05, 4.69) is 0 Å². The molecule has 0 saturated carbocycles. The van der Waals surface area contributed by atoms with Crippen LogP contribution in [-0.4, -0.2) is 47.6 Å². The average molecular weight is 328 g/mol. The van der Waals surface area contributed by atoms with Gasteiger partial charge in [-0.2, -0.15) is 11.8 Å². The second-order valence-corrected chi connectivity index (χ2v) is 7.12. The highest BCUT2D eigenvalue weighted by Gasteiger charge is 2.36. The van der Waals surface area contributed by atoms with Gasteiger partial charge in [0, 0.05) is 23.5 Å². The number of amides is 1. The Morgan fingerprint density at radius 3 is 3.00 bits per heavy atom. The molecule has 5 heteroatoms. The Morgan fingerprint density at radius 1 is 1.52 bits per heavy atom. The largest absolute Gasteiger partial charge is 0.396 e. The molecule has 1 aromatic carbocycles. The quantitative estimate of drug-likeness (QED) is 0.904. The molecule has 0 bridgehead atoms. The summed E-state index contributed by atoms with van der Waals surface area (Å²) in [4.78, 5) is 14.0. The highest BCUT2D eigenvalue weighted by Crippen LogP contribution is 2.34. The zero-order valence-corrected chi connectivity index (χ0v) is 13.9. The van der Waals surface area contributed by atoms with Crippen molar-refractivity contribution in [1.29, 1.82) is 0 Å². The number of hydrogen-bond acceptors (Lipinski definition) is 3. The zero-order valence-electron chi connectivity index (χ0n) is 12.3. The van der Waals surface area contributed by atoms with Crippen molar-refractivity contribution < 1.29 is 9.90 Å². The van der Waals surface area contributed by atoms with Gasteiger partial charge < -0.3 is 10.0 Å². The second-order valence-electron chi connectivity index (χ2n) is 5.82. The van der Waals surface area contributed by atoms with Crippen LogP contribution in [0, 0.1) is 5.41 Å². The van der Waals surface area contributed by atoms with E-state index in [0.717, 1.165) is 31.4 Å². The average Bonchev–Trinajstić information content (AvgIpc) is 2.48. The van der Waals surface area contributed by atoms with Crippen molar-refractivity contribution in [2.75, 3.05) is 31.7 Å². The third-order valence-electron chi connectivity index (χ3n) is 4.09. The minimum Gasteiger partial charge on any atom is -0.396 e. The molecule has 0 spiro atoms. The van der Waals surface area contributed by atoms with Gasteiger partial charge in [0.1, 0.15) is 0 Å². The van der Waals surface area contributed by atoms with Crippen LogP contribution in [0.5, 0.6) is 0 Å². The van der Waals surface area contributed by atoms with Gasteiger partial charge in [0.15, 0.2) is 0 Å². The summed E-state index contributed by atoms with van der Waals surface area (Å²) in [7, 11) is 0. The van der Waals surface area contributed by atoms with E-state index < -0.39 is 0 Å². The van der Waals surface area contributed by atoms with Gasteiger partial charge >= 0.3 is 0 Å². The molecule has 116 valence electrons. The summed E-state index contributed by atoms with van der Waals surface area (Å²) in [5.41, 5.74) is 0.882. The van der Waals surface area contributed by atoms with E-state index in [-0.39, 0.29) is 17.9 Å². The second kappa shape index (κ2) is 7.52. The third-order valence-corrected chi connectivity index (χ3v) is 4.86. The van der Waals surface area contributed by atoms with Crippen molar-refractivity contribution in [2.45, 2.75) is 19.3 Å². The maximum absolute atomic E-state index is 12.1. The lowest BCUT2D eigenvalue weighted by Crippen LogP contribution is -2.49. The lowest BCUT2D eigenvalue weighted by atomic mass is 9.75. The molecule has 0 aromatic heterocycles. The molecule has 1 aromatic rings. The lowest BCUT2D eigenvalue weighted by Gasteiger charge is -2.42. The van der Waals surface area contributed by atoms with E-state index in [1.807, 2.05) is 35.4 Å². The van der Waals surface area contributed by atoms with Crippen LogP contribution in [0.4, 0.5) is 0 Å². The van der Waals surface area contributed by atoms with Gasteiger partial charge in [-0.3, -0.25) is 4.79 Å². The predicted octanol–water partition coefficient (Wildman–Crippen LogP) is 2.85. The number of aliphatic hydroxyl groups is 1. The van der Waals surface area contributed by atoms with Gasteiger partial charge in [-0.1, -0.05) is 23.7 Å². The molecular formula is C16H22ClNO2S. The first kappa shape index (κ1) is 16.7. The van der Waals surface area contributed by atoms with Crippen molar-refractivity contribution in [2.24, 2.45) is 5.41 Å². The minimum absolute atomic E-state index is 0.0998. The van der Waals surface area contributed by atoms with E-state index >= 15 is 0 Å². The van der Waals surface area contributed by atoms with Crippen molar-refractivity contribution in [3.63, 3.8) is 0 Å². The van der Waals surface area contributed by atoms with Gasteiger partial charge in [-0.15, -0.1) is 0 Å². The number of carbonyl (C=O) groups is 1. The number of halogens is 1. The first-order valence-corrected chi connectivity index (χ1v) is 8.98. The minimum atomic E-state index is -0.239. The number of benzene rings is 1. The molecule has 2 rings (SSSR count). The number of hydrogen-bond donors (Lipinski definition) is 1. The smallest absolute Gasteiger partial charge is 0.232 e. The topological polar surface area (TPSA) is 40.5 Å². The standard InChI is InChI=1S/C16H22ClNO2S/c1-21-10-15(20)18-7-3-6-16(11-18,12-19)9-13-4-2-5-14(17)8-13/h2,4-5,8,19H,3,6-7,9-12H2,1H3. The zero-order chi connectivity index (χ0) is 15.3. The fourth-order valence-corrected chi connectivity index (χ4v) is 3.69. The molecule has 0 radical (unpaired) electrons. The fraction of sp³-hybridized carbons (Fsp3) is 0.562. The van der Waals surface area contributed by atoms with E-state index in [0.29, 0.717) is 17.3 Å². The summed E-state index contributed by atoms with van der Waals surface area (Å²) < 4.78 is 0. The summed E-state index contributed by atoms with van der Waals surface area (Å²) in [5, 5.41) is 10.6. The van der Waals surface area contributed by atoms with E-state index in [9.17, 15) is 9.90 Å². The number of thioether (sulfide) groups is 1. The molecule has 0 aliphatic carbocycles. The molecule has 1 N–H and O–H groups in total. The van der Waals surface area contributed by atoms with Crippen molar-refractivity contribution in [3.05, 3.63) is 34.9 Å². The van der Waals surface area contributed by atoms with Crippen LogP contribution in [0.2, 0.25) is 5.02 Å². The molecule has 21 heavy (non-hydrogen) atoms. The molecule has 1 heterocycles. The van der Waals surface area contributed by atoms with Gasteiger partial charge in [0.2, 0.25) is 5.91 Å². The molecule has 1 aliphatic rings. The summed E-state index contributed by atoms with van der Waals surface area (Å²) >= 11 is 7.59. The first-order valence-electron chi connectivity index (χ1n) is 7.21. The van der Waals surface area contributed by atoms with Crippen LogP contribution in [0.3, 0.4) is 0 Å². The monoisotopic (exact) mass is 327 g/mol. The van der Waals surface area contributed by atoms with Crippen LogP contribution in [0.25, 0.3) is 0 Å². The van der Waals surface area contributed by atoms with Gasteiger partial charge in [0.25, 0.3) is 0 Å². The molecule has 1 saturated heterocycles. The molecule has 1 atom stereocenters. The Bertz CT molecular complexity index is 497. The normalized spacial score (nSPS) is 22.3. The first-order chi connectivity index (χ1) is 10.1. The summed E-state index contributed by atoms with van der Waals surface area (Å²) in [5.74, 6) is 0.685. The van der Waals surface area contributed by atoms with Crippen LogP contribution in [-0.2, 0) is 11.2 Å². The van der Waals surface area contributed by atoms with Crippen molar-refractivity contribution in [1.82, 2.24) is 4.90 Å². The molecular weight excluding hydrogens is 306 g/mol. The Labute approximate surface area is 135 Å². The predicted molar refractivity (Wildman–Crippen MR) is 88.9 cm³/mol. The number of aliphatic hydroxyl groups excluding tert-OH is 1. The Balaban J connectivity index is 2.11. The van der Waals surface area contributed by atoms with Crippen LogP contribution in [0.1, 0.15) is 18.4 Å². The number of carbonyl (C=O) groups excluding carboxylic acids is 1. The number of nitrogens with zero attached hydrogens (tertiary/aromatic N) is 1. The highest BCUT2D eigenvalue weighted by molar-refractivity contribution is 7.99. The van der Waals surface area contributed by atoms with E-state index in [1.165, 1.54) is 0 Å². The Morgan fingerprint density at radius 2 is 2.33 bits per heavy atom. The maximum atomic E-state index is 12.1. The van der Waals surface area contributed by atoms with Gasteiger partial charge in [0.05, 0.1) is 12.4 Å². The van der Waals surface area contributed by atoms with Crippen molar-refractivity contribution >= 4 is 29.3 Å². The van der Waals surface area contributed by atoms with Gasteiger partial charge in [-0.05, 0) is 43.2 Å². The molecule has 1 unspecified atom stereocenters. The molecule has 1 aliphatic heterocycles. The lowest BCUT2D eigenvalue weighted by molar-refractivity contribution is -0.132. The van der Waals surface area contributed by atoms with Crippen molar-refractivity contribution in [3.8, 4) is 0 Å². The summed E-state index contributed by atoms with van der Waals surface area (Å²) in [6.45, 7) is 1.54. The molecule has 1 amide bonds.